The lowest BCUT2D eigenvalue weighted by atomic mass is 10.1. The van der Waals surface area contributed by atoms with Gasteiger partial charge in [0.1, 0.15) is 18.1 Å². The van der Waals surface area contributed by atoms with Crippen molar-refractivity contribution >= 4 is 119 Å². The van der Waals surface area contributed by atoms with Gasteiger partial charge >= 0.3 is 0 Å². The monoisotopic (exact) mass is 992 g/mol. The Morgan fingerprint density at radius 1 is 0.310 bits per heavy atom. The molecular weight excluding hydrogens is 945 g/mol. The molecule has 1 aliphatic rings. The summed E-state index contributed by atoms with van der Waals surface area (Å²) >= 11 is 3.65. The first-order valence-corrected chi connectivity index (χ1v) is 33.0. The van der Waals surface area contributed by atoms with Crippen LogP contribution in [0.4, 0.5) is 0 Å². The fraction of sp³-hybridized carbons (Fsp3) is 0.0312. The van der Waals surface area contributed by atoms with Crippen LogP contribution in [-0.4, -0.2) is 34.2 Å². The minimum absolute atomic E-state index is 1.06. The van der Waals surface area contributed by atoms with Gasteiger partial charge in [0.25, 0.3) is 0 Å². The van der Waals surface area contributed by atoms with Gasteiger partial charge in [-0.2, -0.15) is 0 Å². The van der Waals surface area contributed by atoms with E-state index in [2.05, 4.69) is 268 Å². The van der Waals surface area contributed by atoms with Crippen molar-refractivity contribution in [3.05, 3.63) is 255 Å². The molecule has 10 aromatic carbocycles. The summed E-state index contributed by atoms with van der Waals surface area (Å²) in [4.78, 5) is 10.9. The zero-order valence-electron chi connectivity index (χ0n) is 39.5. The second-order valence-electron chi connectivity index (χ2n) is 19.3. The summed E-state index contributed by atoms with van der Waals surface area (Å²) in [7, 11) is -7.47. The number of fused-ring (bicyclic) bond motifs is 5. The topological polar surface area (TPSA) is 25.8 Å². The Kier molecular flexibility index (Phi) is 10.7. The molecule has 0 aliphatic carbocycles. The lowest BCUT2D eigenvalue weighted by Gasteiger charge is -2.34. The predicted molar refractivity (Wildman–Crippen MR) is 313 cm³/mol. The third-order valence-corrected chi connectivity index (χ3v) is 30.2. The van der Waals surface area contributed by atoms with Crippen LogP contribution in [0.5, 0.6) is 0 Å². The van der Waals surface area contributed by atoms with Gasteiger partial charge < -0.3 is 0 Å². The third kappa shape index (κ3) is 7.06. The molecule has 13 rings (SSSR count). The van der Waals surface area contributed by atoms with Crippen LogP contribution in [0.15, 0.2) is 255 Å². The van der Waals surface area contributed by atoms with Crippen molar-refractivity contribution < 1.29 is 0 Å². The molecule has 0 fully saturated rings. The minimum Gasteiger partial charge on any atom is -0.236 e. The molecule has 0 N–H and O–H groups in total. The van der Waals surface area contributed by atoms with Gasteiger partial charge in [-0.25, -0.2) is 9.97 Å². The molecule has 338 valence electrons. The Hall–Kier alpha value is -7.37. The van der Waals surface area contributed by atoms with E-state index in [1.165, 1.54) is 72.4 Å². The molecule has 2 aromatic heterocycles. The van der Waals surface area contributed by atoms with E-state index in [0.717, 1.165) is 32.2 Å². The summed E-state index contributed by atoms with van der Waals surface area (Å²) in [6.07, 6.45) is 0. The number of thiazole rings is 2. The summed E-state index contributed by atoms with van der Waals surface area (Å²) < 4.78 is 2.50. The van der Waals surface area contributed by atoms with E-state index in [1.807, 2.05) is 22.7 Å². The van der Waals surface area contributed by atoms with Gasteiger partial charge in [0.15, 0.2) is 16.1 Å². The molecule has 0 radical (unpaired) electrons. The van der Waals surface area contributed by atoms with E-state index in [-0.39, 0.29) is 0 Å². The van der Waals surface area contributed by atoms with Gasteiger partial charge in [-0.15, -0.1) is 22.7 Å². The van der Waals surface area contributed by atoms with E-state index in [9.17, 15) is 0 Å². The molecule has 2 nitrogen and oxygen atoms in total. The highest BCUT2D eigenvalue weighted by Gasteiger charge is 2.43. The van der Waals surface area contributed by atoms with Crippen LogP contribution in [0.3, 0.4) is 0 Å². The zero-order valence-corrected chi connectivity index (χ0v) is 44.1. The maximum atomic E-state index is 5.46. The molecule has 3 heterocycles. The normalized spacial score (nSPS) is 13.0. The molecular formula is C64H48N2S2Si3. The first kappa shape index (κ1) is 43.6. The molecule has 0 saturated heterocycles. The van der Waals surface area contributed by atoms with Gasteiger partial charge in [-0.1, -0.05) is 244 Å². The summed E-state index contributed by atoms with van der Waals surface area (Å²) in [6, 6.07) is 95.3. The molecule has 1 aliphatic heterocycles. The van der Waals surface area contributed by atoms with E-state index in [1.54, 1.807) is 0 Å². The standard InChI is InChI=1S/C64H48N2S2Si3/c1-69(2)61-43-59-57(65-63(67-59)45-23-21-37-53(39-45)70(47-25-9-3-10-26-47,48-27-11-4-12-28-48)49-29-13-5-14-30-49)41-55(61)56-42-58-60(44-62(56)69)68-64(66-58)46-24-22-38-54(40-46)71(50-31-15-6-16-32-50,51-33-17-7-18-34-51)52-35-19-8-20-36-52/h3-44H,1-2H3. The van der Waals surface area contributed by atoms with Crippen molar-refractivity contribution in [2.24, 2.45) is 0 Å². The fourth-order valence-corrected chi connectivity index (χ4v) is 26.5. The van der Waals surface area contributed by atoms with E-state index < -0.39 is 24.2 Å². The first-order valence-electron chi connectivity index (χ1n) is 24.4. The number of rotatable bonds is 10. The van der Waals surface area contributed by atoms with Crippen LogP contribution in [-0.2, 0) is 0 Å². The second kappa shape index (κ2) is 17.5. The number of nitrogens with zero attached hydrogens (tertiary/aromatic N) is 2. The summed E-state index contributed by atoms with van der Waals surface area (Å²) in [5.74, 6) is 0. The van der Waals surface area contributed by atoms with Gasteiger partial charge in [0.05, 0.1) is 20.4 Å². The van der Waals surface area contributed by atoms with E-state index >= 15 is 0 Å². The third-order valence-electron chi connectivity index (χ3n) is 15.0. The van der Waals surface area contributed by atoms with Crippen LogP contribution >= 0.6 is 22.7 Å². The van der Waals surface area contributed by atoms with Crippen molar-refractivity contribution in [1.82, 2.24) is 9.97 Å². The van der Waals surface area contributed by atoms with Crippen molar-refractivity contribution in [3.63, 3.8) is 0 Å². The number of benzene rings is 10. The average molecular weight is 993 g/mol. The Bertz CT molecular complexity index is 3450. The average Bonchev–Trinajstić information content (AvgIpc) is 4.12. The summed E-state index contributed by atoms with van der Waals surface area (Å²) in [5, 5.41) is 16.0. The Morgan fingerprint density at radius 3 is 0.887 bits per heavy atom. The largest absolute Gasteiger partial charge is 0.236 e. The van der Waals surface area contributed by atoms with Crippen molar-refractivity contribution in [3.8, 4) is 32.3 Å². The van der Waals surface area contributed by atoms with Crippen molar-refractivity contribution in [2.75, 3.05) is 0 Å². The maximum Gasteiger partial charge on any atom is 0.179 e. The molecule has 12 aromatic rings. The minimum atomic E-state index is -2.69. The van der Waals surface area contributed by atoms with Gasteiger partial charge in [-0.05, 0) is 87.3 Å². The molecule has 71 heavy (non-hydrogen) atoms. The highest BCUT2D eigenvalue weighted by molar-refractivity contribution is 7.23. The van der Waals surface area contributed by atoms with Gasteiger partial charge in [0.2, 0.25) is 0 Å². The van der Waals surface area contributed by atoms with Crippen molar-refractivity contribution in [2.45, 2.75) is 13.1 Å². The Morgan fingerprint density at radius 2 is 0.592 bits per heavy atom. The lowest BCUT2D eigenvalue weighted by Crippen LogP contribution is -2.74. The number of hydrogen-bond acceptors (Lipinski definition) is 4. The van der Waals surface area contributed by atoms with Crippen molar-refractivity contribution in [1.29, 1.82) is 0 Å². The van der Waals surface area contributed by atoms with E-state index in [0.29, 0.717) is 0 Å². The maximum absolute atomic E-state index is 5.46. The van der Waals surface area contributed by atoms with Crippen LogP contribution in [0, 0.1) is 0 Å². The molecule has 0 bridgehead atoms. The second-order valence-corrected chi connectivity index (χ2v) is 33.3. The smallest absolute Gasteiger partial charge is 0.179 e. The lowest BCUT2D eigenvalue weighted by molar-refractivity contribution is 1.48. The number of hydrogen-bond donors (Lipinski definition) is 0. The van der Waals surface area contributed by atoms with Crippen LogP contribution in [0.25, 0.3) is 52.7 Å². The van der Waals surface area contributed by atoms with Crippen LogP contribution in [0.1, 0.15) is 0 Å². The molecule has 0 atom stereocenters. The quantitative estimate of drug-likeness (QED) is 0.101. The molecule has 0 unspecified atom stereocenters. The van der Waals surface area contributed by atoms with Crippen LogP contribution < -0.4 is 51.9 Å². The molecule has 7 heteroatoms. The van der Waals surface area contributed by atoms with Gasteiger partial charge in [-0.3, -0.25) is 0 Å². The SMILES string of the molecule is C[Si]1(C)c2cc3sc(-c4cccc([Si](c5ccccc5)(c5ccccc5)c5ccccc5)c4)nc3cc2-c2cc3nc(-c4cccc([Si](c5ccccc5)(c5ccccc5)c5ccccc5)c4)sc3cc21. The molecule has 0 amide bonds. The van der Waals surface area contributed by atoms with Gasteiger partial charge in [0, 0.05) is 11.1 Å². The fourth-order valence-electron chi connectivity index (χ4n) is 11.7. The first-order chi connectivity index (χ1) is 34.9. The Labute approximate surface area is 426 Å². The van der Waals surface area contributed by atoms with Crippen LogP contribution in [0.2, 0.25) is 13.1 Å². The summed E-state index contributed by atoms with van der Waals surface area (Å²) in [6.45, 7) is 5.04. The van der Waals surface area contributed by atoms with E-state index in [4.69, 9.17) is 9.97 Å². The summed E-state index contributed by atoms with van der Waals surface area (Å²) in [5.41, 5.74) is 7.09. The predicted octanol–water partition coefficient (Wildman–Crippen LogP) is 9.80. The highest BCUT2D eigenvalue weighted by atomic mass is 32.1. The Balaban J connectivity index is 0.901. The highest BCUT2D eigenvalue weighted by Crippen LogP contribution is 2.39. The molecule has 0 saturated carbocycles. The molecule has 0 spiro atoms. The zero-order chi connectivity index (χ0) is 47.6. The number of aromatic nitrogens is 2.